The van der Waals surface area contributed by atoms with Crippen molar-refractivity contribution in [1.29, 1.82) is 0 Å². The lowest BCUT2D eigenvalue weighted by Crippen LogP contribution is -2.09. The summed E-state index contributed by atoms with van der Waals surface area (Å²) in [6.07, 6.45) is -7.21. The van der Waals surface area contributed by atoms with E-state index in [1.54, 1.807) is 0 Å². The molecule has 190 valence electrons. The fraction of sp³-hybridized carbons (Fsp3) is 0.0833. The zero-order chi connectivity index (χ0) is 27.0. The van der Waals surface area contributed by atoms with E-state index in [1.807, 2.05) is 0 Å². The van der Waals surface area contributed by atoms with Gasteiger partial charge < -0.3 is 5.11 Å². The van der Waals surface area contributed by atoms with E-state index in [4.69, 9.17) is 0 Å². The van der Waals surface area contributed by atoms with Gasteiger partial charge in [-0.2, -0.15) is 26.3 Å². The standard InChI is InChI=1S/C24H13F7N4O2/c25-14-9-13(10-32-11-14)17(22(36)37)12-35-21(16-6-2-4-8-19(16)24(29,30)31)33-20(34-35)15-5-1-3-7-18(15)23(26,27)28/h1-12H,(H,36,37)/b17-12+. The quantitative estimate of drug-likeness (QED) is 0.247. The lowest BCUT2D eigenvalue weighted by Gasteiger charge is -2.12. The molecule has 0 atom stereocenters. The third kappa shape index (κ3) is 5.34. The second-order valence-corrected chi connectivity index (χ2v) is 7.53. The summed E-state index contributed by atoms with van der Waals surface area (Å²) >= 11 is 0. The van der Waals surface area contributed by atoms with Crippen LogP contribution in [0, 0.1) is 5.82 Å². The largest absolute Gasteiger partial charge is 0.478 e. The predicted octanol–water partition coefficient (Wildman–Crippen LogP) is 6.27. The maximum Gasteiger partial charge on any atom is 0.417 e. The molecule has 37 heavy (non-hydrogen) atoms. The molecule has 2 aromatic heterocycles. The molecular formula is C24H13F7N4O2. The van der Waals surface area contributed by atoms with Crippen LogP contribution in [0.3, 0.4) is 0 Å². The Kier molecular flexibility index (Phi) is 6.55. The number of carboxylic acids is 1. The molecule has 0 aliphatic heterocycles. The van der Waals surface area contributed by atoms with Crippen molar-refractivity contribution >= 4 is 17.7 Å². The molecule has 13 heteroatoms. The van der Waals surface area contributed by atoms with Gasteiger partial charge in [-0.15, -0.1) is 5.10 Å². The molecule has 0 radical (unpaired) electrons. The molecule has 0 saturated heterocycles. The summed E-state index contributed by atoms with van der Waals surface area (Å²) in [5, 5.41) is 13.6. The number of halogens is 7. The molecule has 0 amide bonds. The van der Waals surface area contributed by atoms with Gasteiger partial charge in [-0.05, 0) is 18.2 Å². The molecule has 6 nitrogen and oxygen atoms in total. The second kappa shape index (κ2) is 9.48. The highest BCUT2D eigenvalue weighted by molar-refractivity contribution is 6.19. The molecule has 0 bridgehead atoms. The number of rotatable bonds is 5. The van der Waals surface area contributed by atoms with Crippen molar-refractivity contribution in [2.45, 2.75) is 12.4 Å². The summed E-state index contributed by atoms with van der Waals surface area (Å²) in [6, 6.07) is 9.05. The van der Waals surface area contributed by atoms with Crippen LogP contribution in [0.4, 0.5) is 30.7 Å². The molecular weight excluding hydrogens is 509 g/mol. The van der Waals surface area contributed by atoms with Gasteiger partial charge in [0.05, 0.1) is 22.9 Å². The number of aliphatic carboxylic acids is 1. The van der Waals surface area contributed by atoms with E-state index < -0.39 is 63.6 Å². The van der Waals surface area contributed by atoms with Crippen LogP contribution in [0.5, 0.6) is 0 Å². The van der Waals surface area contributed by atoms with Gasteiger partial charge in [-0.25, -0.2) is 18.9 Å². The molecule has 0 saturated carbocycles. The van der Waals surface area contributed by atoms with Crippen molar-refractivity contribution < 1.29 is 40.6 Å². The van der Waals surface area contributed by atoms with Crippen molar-refractivity contribution in [3.63, 3.8) is 0 Å². The Balaban J connectivity index is 2.03. The van der Waals surface area contributed by atoms with Crippen LogP contribution in [0.25, 0.3) is 34.5 Å². The first kappa shape index (κ1) is 25.5. The molecule has 0 unspecified atom stereocenters. The third-order valence-corrected chi connectivity index (χ3v) is 5.08. The molecule has 4 rings (SSSR count). The molecule has 1 N–H and O–H groups in total. The molecule has 0 fully saturated rings. The van der Waals surface area contributed by atoms with Crippen LogP contribution in [0.2, 0.25) is 0 Å². The minimum Gasteiger partial charge on any atom is -0.478 e. The van der Waals surface area contributed by atoms with Gasteiger partial charge in [-0.1, -0.05) is 36.4 Å². The summed E-state index contributed by atoms with van der Waals surface area (Å²) in [4.78, 5) is 19.4. The second-order valence-electron chi connectivity index (χ2n) is 7.53. The van der Waals surface area contributed by atoms with E-state index in [0.29, 0.717) is 4.68 Å². The number of hydrogen-bond donors (Lipinski definition) is 1. The van der Waals surface area contributed by atoms with Crippen molar-refractivity contribution in [3.8, 4) is 22.8 Å². The number of alkyl halides is 6. The van der Waals surface area contributed by atoms with Gasteiger partial charge in [0, 0.05) is 29.1 Å². The predicted molar refractivity (Wildman–Crippen MR) is 117 cm³/mol. The number of carboxylic acid groups (broad SMARTS) is 1. The number of aromatic nitrogens is 4. The van der Waals surface area contributed by atoms with Crippen LogP contribution in [-0.4, -0.2) is 30.8 Å². The number of benzene rings is 2. The van der Waals surface area contributed by atoms with Crippen molar-refractivity contribution in [1.82, 2.24) is 19.7 Å². The smallest absolute Gasteiger partial charge is 0.417 e. The summed E-state index contributed by atoms with van der Waals surface area (Å²) in [5.74, 6) is -3.73. The van der Waals surface area contributed by atoms with Crippen LogP contribution in [-0.2, 0) is 17.1 Å². The highest BCUT2D eigenvalue weighted by atomic mass is 19.4. The Hall–Kier alpha value is -4.55. The van der Waals surface area contributed by atoms with Gasteiger partial charge >= 0.3 is 18.3 Å². The van der Waals surface area contributed by atoms with Crippen LogP contribution < -0.4 is 0 Å². The zero-order valence-corrected chi connectivity index (χ0v) is 18.2. The summed E-state index contributed by atoms with van der Waals surface area (Å²) < 4.78 is 96.4. The Morgan fingerprint density at radius 3 is 2.00 bits per heavy atom. The van der Waals surface area contributed by atoms with Gasteiger partial charge in [0.1, 0.15) is 5.82 Å². The van der Waals surface area contributed by atoms with Gasteiger partial charge in [0.25, 0.3) is 0 Å². The van der Waals surface area contributed by atoms with Crippen LogP contribution in [0.15, 0.2) is 67.0 Å². The minimum atomic E-state index is -4.89. The van der Waals surface area contributed by atoms with E-state index in [-0.39, 0.29) is 5.56 Å². The first-order valence-corrected chi connectivity index (χ1v) is 10.2. The number of nitrogens with zero attached hydrogens (tertiary/aromatic N) is 4. The first-order valence-electron chi connectivity index (χ1n) is 10.2. The number of hydrogen-bond acceptors (Lipinski definition) is 4. The number of pyridine rings is 1. The van der Waals surface area contributed by atoms with E-state index in [1.165, 1.54) is 12.1 Å². The number of carbonyl (C=O) groups is 1. The Morgan fingerprint density at radius 2 is 1.43 bits per heavy atom. The summed E-state index contributed by atoms with van der Waals surface area (Å²) in [6.45, 7) is 0. The summed E-state index contributed by atoms with van der Waals surface area (Å²) in [5.41, 5.74) is -4.38. The van der Waals surface area contributed by atoms with Crippen molar-refractivity contribution in [2.75, 3.05) is 0 Å². The molecule has 4 aromatic rings. The fourth-order valence-electron chi connectivity index (χ4n) is 3.50. The highest BCUT2D eigenvalue weighted by Crippen LogP contribution is 2.39. The van der Waals surface area contributed by atoms with Crippen molar-refractivity contribution in [2.24, 2.45) is 0 Å². The monoisotopic (exact) mass is 522 g/mol. The topological polar surface area (TPSA) is 80.9 Å². The fourth-order valence-corrected chi connectivity index (χ4v) is 3.50. The Morgan fingerprint density at radius 1 is 0.865 bits per heavy atom. The zero-order valence-electron chi connectivity index (χ0n) is 18.2. The van der Waals surface area contributed by atoms with Gasteiger partial charge in [0.2, 0.25) is 0 Å². The van der Waals surface area contributed by atoms with E-state index in [0.717, 1.165) is 61.1 Å². The molecule has 0 aliphatic rings. The molecule has 2 heterocycles. The van der Waals surface area contributed by atoms with Crippen LogP contribution >= 0.6 is 0 Å². The van der Waals surface area contributed by atoms with Crippen molar-refractivity contribution in [3.05, 3.63) is 89.5 Å². The Labute approximate surface area is 203 Å². The van der Waals surface area contributed by atoms with Gasteiger partial charge in [0.15, 0.2) is 11.6 Å². The SMILES string of the molecule is O=C(O)/C(=C/n1nc(-c2ccccc2C(F)(F)F)nc1-c1ccccc1C(F)(F)F)c1cncc(F)c1. The summed E-state index contributed by atoms with van der Waals surface area (Å²) in [7, 11) is 0. The first-order chi connectivity index (χ1) is 17.4. The average Bonchev–Trinajstić information content (AvgIpc) is 3.25. The van der Waals surface area contributed by atoms with E-state index in [2.05, 4.69) is 15.1 Å². The normalized spacial score (nSPS) is 12.6. The maximum atomic E-state index is 13.8. The van der Waals surface area contributed by atoms with E-state index >= 15 is 0 Å². The lowest BCUT2D eigenvalue weighted by atomic mass is 10.1. The van der Waals surface area contributed by atoms with E-state index in [9.17, 15) is 40.6 Å². The maximum absolute atomic E-state index is 13.8. The molecule has 0 spiro atoms. The van der Waals surface area contributed by atoms with Gasteiger partial charge in [-0.3, -0.25) is 4.98 Å². The molecule has 0 aliphatic carbocycles. The lowest BCUT2D eigenvalue weighted by molar-refractivity contribution is -0.137. The van der Waals surface area contributed by atoms with Crippen LogP contribution in [0.1, 0.15) is 16.7 Å². The minimum absolute atomic E-state index is 0.268. The highest BCUT2D eigenvalue weighted by Gasteiger charge is 2.37. The Bertz CT molecular complexity index is 1510. The molecule has 2 aromatic carbocycles. The third-order valence-electron chi connectivity index (χ3n) is 5.08. The average molecular weight is 522 g/mol.